The standard InChI is InChI=1S/C17H20N2O4/c1-2-19-14-6-4-3-5-13(14)15(11-16(19)20)23-12-17(21)18-7-9-22-10-8-18/h3-6,11H,2,7-10,12H2,1H3. The summed E-state index contributed by atoms with van der Waals surface area (Å²) in [5.41, 5.74) is 0.691. The summed E-state index contributed by atoms with van der Waals surface area (Å²) in [6, 6.07) is 9.02. The van der Waals surface area contributed by atoms with Crippen LogP contribution >= 0.6 is 0 Å². The van der Waals surface area contributed by atoms with Crippen LogP contribution in [0.5, 0.6) is 5.75 Å². The van der Waals surface area contributed by atoms with E-state index in [-0.39, 0.29) is 18.1 Å². The molecule has 2 aromatic rings. The summed E-state index contributed by atoms with van der Waals surface area (Å²) < 4.78 is 12.6. The lowest BCUT2D eigenvalue weighted by Crippen LogP contribution is -2.43. The van der Waals surface area contributed by atoms with Crippen molar-refractivity contribution in [3.8, 4) is 5.75 Å². The lowest BCUT2D eigenvalue weighted by atomic mass is 10.2. The van der Waals surface area contributed by atoms with Crippen LogP contribution in [0.15, 0.2) is 35.1 Å². The topological polar surface area (TPSA) is 60.8 Å². The molecule has 0 spiro atoms. The summed E-state index contributed by atoms with van der Waals surface area (Å²) >= 11 is 0. The third-order valence-corrected chi connectivity index (χ3v) is 4.01. The number of carbonyl (C=O) groups excluding carboxylic acids is 1. The summed E-state index contributed by atoms with van der Waals surface area (Å²) in [5, 5.41) is 0.837. The van der Waals surface area contributed by atoms with Crippen molar-refractivity contribution < 1.29 is 14.3 Å². The van der Waals surface area contributed by atoms with Crippen molar-refractivity contribution in [2.24, 2.45) is 0 Å². The first-order valence-corrected chi connectivity index (χ1v) is 7.81. The Morgan fingerprint density at radius 2 is 2.00 bits per heavy atom. The van der Waals surface area contributed by atoms with E-state index in [1.54, 1.807) is 9.47 Å². The molecule has 0 unspecified atom stereocenters. The molecule has 1 aliphatic rings. The highest BCUT2D eigenvalue weighted by Gasteiger charge is 2.18. The SMILES string of the molecule is CCn1c(=O)cc(OCC(=O)N2CCOCC2)c2ccccc21. The first-order valence-electron chi connectivity index (χ1n) is 7.81. The van der Waals surface area contributed by atoms with E-state index in [0.29, 0.717) is 38.6 Å². The Hall–Kier alpha value is -2.34. The zero-order chi connectivity index (χ0) is 16.2. The van der Waals surface area contributed by atoms with Gasteiger partial charge in [0.15, 0.2) is 6.61 Å². The Morgan fingerprint density at radius 1 is 1.26 bits per heavy atom. The number of morpholine rings is 1. The highest BCUT2D eigenvalue weighted by atomic mass is 16.5. The number of hydrogen-bond donors (Lipinski definition) is 0. The monoisotopic (exact) mass is 316 g/mol. The molecule has 122 valence electrons. The van der Waals surface area contributed by atoms with E-state index in [1.807, 2.05) is 31.2 Å². The third-order valence-electron chi connectivity index (χ3n) is 4.01. The maximum atomic E-state index is 12.2. The van der Waals surface area contributed by atoms with Gasteiger partial charge in [0.05, 0.1) is 18.7 Å². The van der Waals surface area contributed by atoms with Crippen molar-refractivity contribution >= 4 is 16.8 Å². The van der Waals surface area contributed by atoms with Gasteiger partial charge < -0.3 is 18.9 Å². The van der Waals surface area contributed by atoms with E-state index in [4.69, 9.17) is 9.47 Å². The second-order valence-corrected chi connectivity index (χ2v) is 5.39. The number of carbonyl (C=O) groups is 1. The van der Waals surface area contributed by atoms with Gasteiger partial charge in [-0.3, -0.25) is 9.59 Å². The van der Waals surface area contributed by atoms with Crippen LogP contribution in [-0.2, 0) is 16.1 Å². The van der Waals surface area contributed by atoms with Crippen LogP contribution in [0.2, 0.25) is 0 Å². The number of pyridine rings is 1. The van der Waals surface area contributed by atoms with Gasteiger partial charge >= 0.3 is 0 Å². The molecule has 0 bridgehead atoms. The molecule has 0 saturated carbocycles. The van der Waals surface area contributed by atoms with Gasteiger partial charge in [0.2, 0.25) is 0 Å². The van der Waals surface area contributed by atoms with Crippen molar-refractivity contribution in [1.82, 2.24) is 9.47 Å². The van der Waals surface area contributed by atoms with Gasteiger partial charge in [-0.1, -0.05) is 12.1 Å². The largest absolute Gasteiger partial charge is 0.483 e. The number of hydrogen-bond acceptors (Lipinski definition) is 4. The molecule has 0 N–H and O–H groups in total. The Bertz CT molecular complexity index is 763. The van der Waals surface area contributed by atoms with Crippen LogP contribution in [0.4, 0.5) is 0 Å². The molecule has 1 aromatic heterocycles. The van der Waals surface area contributed by atoms with Gasteiger partial charge in [-0.25, -0.2) is 0 Å². The molecule has 1 aliphatic heterocycles. The quantitative estimate of drug-likeness (QED) is 0.852. The zero-order valence-corrected chi connectivity index (χ0v) is 13.2. The summed E-state index contributed by atoms with van der Waals surface area (Å²) in [6.45, 7) is 4.73. The number of para-hydroxylation sites is 1. The highest BCUT2D eigenvalue weighted by Crippen LogP contribution is 2.23. The summed E-state index contributed by atoms with van der Waals surface area (Å²) in [6.07, 6.45) is 0. The van der Waals surface area contributed by atoms with Crippen LogP contribution in [0.25, 0.3) is 10.9 Å². The molecule has 3 rings (SSSR count). The maximum Gasteiger partial charge on any atom is 0.260 e. The van der Waals surface area contributed by atoms with Crippen LogP contribution in [0.1, 0.15) is 6.92 Å². The molecule has 2 heterocycles. The van der Waals surface area contributed by atoms with E-state index in [1.165, 1.54) is 6.07 Å². The van der Waals surface area contributed by atoms with Gasteiger partial charge in [-0.15, -0.1) is 0 Å². The summed E-state index contributed by atoms with van der Waals surface area (Å²) in [5.74, 6) is 0.369. The lowest BCUT2D eigenvalue weighted by molar-refractivity contribution is -0.137. The lowest BCUT2D eigenvalue weighted by Gasteiger charge is -2.26. The van der Waals surface area contributed by atoms with E-state index in [9.17, 15) is 9.59 Å². The summed E-state index contributed by atoms with van der Waals surface area (Å²) in [7, 11) is 0. The van der Waals surface area contributed by atoms with E-state index >= 15 is 0 Å². The number of fused-ring (bicyclic) bond motifs is 1. The molecular formula is C17H20N2O4. The normalized spacial score (nSPS) is 14.9. The minimum atomic E-state index is -0.125. The summed E-state index contributed by atoms with van der Waals surface area (Å²) in [4.78, 5) is 26.1. The molecule has 23 heavy (non-hydrogen) atoms. The molecule has 6 nitrogen and oxygen atoms in total. The zero-order valence-electron chi connectivity index (χ0n) is 13.2. The Morgan fingerprint density at radius 3 is 2.74 bits per heavy atom. The van der Waals surface area contributed by atoms with E-state index in [0.717, 1.165) is 10.9 Å². The molecule has 0 atom stereocenters. The highest BCUT2D eigenvalue weighted by molar-refractivity contribution is 5.86. The fourth-order valence-corrected chi connectivity index (χ4v) is 2.79. The molecule has 1 aromatic carbocycles. The van der Waals surface area contributed by atoms with Gasteiger partial charge in [0.1, 0.15) is 5.75 Å². The smallest absolute Gasteiger partial charge is 0.260 e. The average Bonchev–Trinajstić information content (AvgIpc) is 2.60. The van der Waals surface area contributed by atoms with Gasteiger partial charge in [-0.2, -0.15) is 0 Å². The molecular weight excluding hydrogens is 296 g/mol. The fourth-order valence-electron chi connectivity index (χ4n) is 2.79. The van der Waals surface area contributed by atoms with Crippen molar-refractivity contribution in [1.29, 1.82) is 0 Å². The predicted octanol–water partition coefficient (Wildman–Crippen LogP) is 1.26. The van der Waals surface area contributed by atoms with Gasteiger partial charge in [-0.05, 0) is 19.1 Å². The molecule has 0 aliphatic carbocycles. The minimum absolute atomic E-state index is 0.0699. The number of rotatable bonds is 4. The Balaban J connectivity index is 1.83. The van der Waals surface area contributed by atoms with E-state index in [2.05, 4.69) is 0 Å². The fraction of sp³-hybridized carbons (Fsp3) is 0.412. The Labute approximate surface area is 134 Å². The van der Waals surface area contributed by atoms with Gasteiger partial charge in [0.25, 0.3) is 11.5 Å². The van der Waals surface area contributed by atoms with Crippen molar-refractivity contribution in [3.05, 3.63) is 40.7 Å². The van der Waals surface area contributed by atoms with Crippen molar-refractivity contribution in [2.45, 2.75) is 13.5 Å². The minimum Gasteiger partial charge on any atom is -0.483 e. The Kier molecular flexibility index (Phi) is 4.62. The predicted molar refractivity (Wildman–Crippen MR) is 86.8 cm³/mol. The van der Waals surface area contributed by atoms with Crippen molar-refractivity contribution in [2.75, 3.05) is 32.9 Å². The molecule has 6 heteroatoms. The van der Waals surface area contributed by atoms with Gasteiger partial charge in [0, 0.05) is 31.1 Å². The van der Waals surface area contributed by atoms with E-state index < -0.39 is 0 Å². The number of benzene rings is 1. The number of amides is 1. The number of nitrogens with zero attached hydrogens (tertiary/aromatic N) is 2. The molecule has 1 saturated heterocycles. The second-order valence-electron chi connectivity index (χ2n) is 5.39. The third kappa shape index (κ3) is 3.22. The van der Waals surface area contributed by atoms with Crippen LogP contribution in [0.3, 0.4) is 0 Å². The van der Waals surface area contributed by atoms with Crippen LogP contribution in [-0.4, -0.2) is 48.3 Å². The second kappa shape index (κ2) is 6.83. The van der Waals surface area contributed by atoms with Crippen molar-refractivity contribution in [3.63, 3.8) is 0 Å². The molecule has 0 radical (unpaired) electrons. The van der Waals surface area contributed by atoms with Crippen LogP contribution < -0.4 is 10.3 Å². The number of aromatic nitrogens is 1. The maximum absolute atomic E-state index is 12.2. The molecule has 1 amide bonds. The number of ether oxygens (including phenoxy) is 2. The average molecular weight is 316 g/mol. The first kappa shape index (κ1) is 15.6. The molecule has 1 fully saturated rings. The number of aryl methyl sites for hydroxylation is 1. The van der Waals surface area contributed by atoms with Crippen LogP contribution in [0, 0.1) is 0 Å². The first-order chi connectivity index (χ1) is 11.2.